The average molecular weight is 391 g/mol. The molecule has 0 bridgehead atoms. The smallest absolute Gasteiger partial charge is 0.255 e. The third-order valence-corrected chi connectivity index (χ3v) is 5.49. The molecule has 0 aliphatic heterocycles. The minimum absolute atomic E-state index is 0.231. The Balaban J connectivity index is 1.86. The number of carbonyl (C=O) groups excluding carboxylic acids is 1. The molecular weight excluding hydrogens is 364 g/mol. The van der Waals surface area contributed by atoms with Gasteiger partial charge in [-0.2, -0.15) is 0 Å². The van der Waals surface area contributed by atoms with E-state index in [1.165, 1.54) is 23.2 Å². The van der Waals surface area contributed by atoms with E-state index in [4.69, 9.17) is 4.74 Å². The summed E-state index contributed by atoms with van der Waals surface area (Å²) in [4.78, 5) is 12.3. The number of methoxy groups -OCH3 is 1. The highest BCUT2D eigenvalue weighted by molar-refractivity contribution is 7.88. The van der Waals surface area contributed by atoms with Crippen molar-refractivity contribution >= 4 is 15.9 Å². The Bertz CT molecular complexity index is 838. The molecule has 2 rings (SSSR count). The molecule has 0 radical (unpaired) electrons. The van der Waals surface area contributed by atoms with Gasteiger partial charge >= 0.3 is 0 Å². The van der Waals surface area contributed by atoms with Crippen molar-refractivity contribution in [3.05, 3.63) is 65.7 Å². The van der Waals surface area contributed by atoms with E-state index in [1.807, 2.05) is 30.3 Å². The predicted octanol–water partition coefficient (Wildman–Crippen LogP) is 2.32. The van der Waals surface area contributed by atoms with Crippen LogP contribution < -0.4 is 10.1 Å². The second-order valence-corrected chi connectivity index (χ2v) is 8.19. The monoisotopic (exact) mass is 390 g/mol. The van der Waals surface area contributed by atoms with Gasteiger partial charge in [0.15, 0.2) is 0 Å². The number of hydrogen-bond acceptors (Lipinski definition) is 4. The second-order valence-electron chi connectivity index (χ2n) is 6.21. The molecule has 27 heavy (non-hydrogen) atoms. The third kappa shape index (κ3) is 6.69. The highest BCUT2D eigenvalue weighted by atomic mass is 32.2. The Hall–Kier alpha value is -2.38. The molecule has 0 aliphatic carbocycles. The first-order valence-corrected chi connectivity index (χ1v) is 10.7. The van der Waals surface area contributed by atoms with Crippen LogP contribution in [0.2, 0.25) is 0 Å². The van der Waals surface area contributed by atoms with Crippen LogP contribution in [0.3, 0.4) is 0 Å². The summed E-state index contributed by atoms with van der Waals surface area (Å²) in [6, 6.07) is 16.9. The van der Waals surface area contributed by atoms with Crippen molar-refractivity contribution in [2.75, 3.05) is 33.0 Å². The largest absolute Gasteiger partial charge is 0.496 e. The molecule has 0 atom stereocenters. The lowest BCUT2D eigenvalue weighted by molar-refractivity contribution is 0.0948. The molecule has 0 heterocycles. The van der Waals surface area contributed by atoms with Crippen LogP contribution in [-0.2, 0) is 16.4 Å². The summed E-state index contributed by atoms with van der Waals surface area (Å²) >= 11 is 0. The lowest BCUT2D eigenvalue weighted by atomic mass is 10.1. The predicted molar refractivity (Wildman–Crippen MR) is 107 cm³/mol. The number of aryl methyl sites for hydroxylation is 1. The Kier molecular flexibility index (Phi) is 7.82. The summed E-state index contributed by atoms with van der Waals surface area (Å²) in [5.41, 5.74) is 1.60. The van der Waals surface area contributed by atoms with E-state index in [1.54, 1.807) is 24.3 Å². The lowest BCUT2D eigenvalue weighted by Gasteiger charge is -2.20. The molecule has 2 aromatic carbocycles. The van der Waals surface area contributed by atoms with Crippen molar-refractivity contribution in [1.82, 2.24) is 9.62 Å². The molecule has 1 amide bonds. The SMILES string of the molecule is COc1ccccc1C(=O)NCCN(CCCc1ccccc1)S(C)(=O)=O. The molecule has 0 aliphatic rings. The van der Waals surface area contributed by atoms with E-state index in [9.17, 15) is 13.2 Å². The highest BCUT2D eigenvalue weighted by Gasteiger charge is 2.17. The summed E-state index contributed by atoms with van der Waals surface area (Å²) in [6.07, 6.45) is 2.72. The maximum Gasteiger partial charge on any atom is 0.255 e. The number of sulfonamides is 1. The van der Waals surface area contributed by atoms with Crippen LogP contribution in [0.15, 0.2) is 54.6 Å². The Morgan fingerprint density at radius 1 is 1.04 bits per heavy atom. The molecule has 0 unspecified atom stereocenters. The van der Waals surface area contributed by atoms with Gasteiger partial charge in [0.2, 0.25) is 10.0 Å². The van der Waals surface area contributed by atoms with Gasteiger partial charge in [0.1, 0.15) is 5.75 Å². The second kappa shape index (κ2) is 10.1. The third-order valence-electron chi connectivity index (χ3n) is 4.18. The number of nitrogens with zero attached hydrogens (tertiary/aromatic N) is 1. The fourth-order valence-corrected chi connectivity index (χ4v) is 3.65. The van der Waals surface area contributed by atoms with Crippen LogP contribution in [0.1, 0.15) is 22.3 Å². The van der Waals surface area contributed by atoms with Crippen LogP contribution in [-0.4, -0.2) is 51.6 Å². The van der Waals surface area contributed by atoms with Crippen molar-refractivity contribution in [3.63, 3.8) is 0 Å². The minimum atomic E-state index is -3.34. The minimum Gasteiger partial charge on any atom is -0.496 e. The molecular formula is C20H26N2O4S. The zero-order valence-corrected chi connectivity index (χ0v) is 16.5. The van der Waals surface area contributed by atoms with E-state index in [0.29, 0.717) is 17.9 Å². The van der Waals surface area contributed by atoms with Crippen LogP contribution in [0.5, 0.6) is 5.75 Å². The Morgan fingerprint density at radius 2 is 1.70 bits per heavy atom. The van der Waals surface area contributed by atoms with Crippen molar-refractivity contribution in [1.29, 1.82) is 0 Å². The molecule has 0 fully saturated rings. The molecule has 1 N–H and O–H groups in total. The molecule has 0 saturated carbocycles. The van der Waals surface area contributed by atoms with Crippen LogP contribution in [0.25, 0.3) is 0 Å². The quantitative estimate of drug-likeness (QED) is 0.676. The first-order valence-electron chi connectivity index (χ1n) is 8.82. The van der Waals surface area contributed by atoms with E-state index < -0.39 is 10.0 Å². The molecule has 146 valence electrons. The zero-order valence-electron chi connectivity index (χ0n) is 15.7. The van der Waals surface area contributed by atoms with E-state index in [-0.39, 0.29) is 19.0 Å². The van der Waals surface area contributed by atoms with Gasteiger partial charge in [-0.15, -0.1) is 0 Å². The van der Waals surface area contributed by atoms with Gasteiger partial charge in [0.05, 0.1) is 18.9 Å². The highest BCUT2D eigenvalue weighted by Crippen LogP contribution is 2.16. The van der Waals surface area contributed by atoms with Gasteiger partial charge < -0.3 is 10.1 Å². The molecule has 7 heteroatoms. The Morgan fingerprint density at radius 3 is 2.37 bits per heavy atom. The van der Waals surface area contributed by atoms with Crippen LogP contribution >= 0.6 is 0 Å². The summed E-state index contributed by atoms with van der Waals surface area (Å²) in [5.74, 6) is 0.197. The van der Waals surface area contributed by atoms with E-state index >= 15 is 0 Å². The molecule has 6 nitrogen and oxygen atoms in total. The van der Waals surface area contributed by atoms with Crippen molar-refractivity contribution in [2.24, 2.45) is 0 Å². The fourth-order valence-electron chi connectivity index (χ4n) is 2.77. The summed E-state index contributed by atoms with van der Waals surface area (Å²) in [7, 11) is -1.83. The number of carbonyl (C=O) groups is 1. The first kappa shape index (κ1) is 20.9. The normalized spacial score (nSPS) is 11.4. The fraction of sp³-hybridized carbons (Fsp3) is 0.350. The van der Waals surface area contributed by atoms with Crippen LogP contribution in [0, 0.1) is 0 Å². The number of benzene rings is 2. The maximum absolute atomic E-state index is 12.3. The number of rotatable bonds is 10. The summed E-state index contributed by atoms with van der Waals surface area (Å²) in [5, 5.41) is 2.76. The van der Waals surface area contributed by atoms with Gasteiger partial charge in [0, 0.05) is 19.6 Å². The lowest BCUT2D eigenvalue weighted by Crippen LogP contribution is -2.38. The van der Waals surface area contributed by atoms with Gasteiger partial charge in [0.25, 0.3) is 5.91 Å². The first-order chi connectivity index (χ1) is 12.9. The zero-order chi connectivity index (χ0) is 19.7. The van der Waals surface area contributed by atoms with Gasteiger partial charge in [-0.05, 0) is 30.5 Å². The molecule has 0 aromatic heterocycles. The van der Waals surface area contributed by atoms with Crippen molar-refractivity contribution in [3.8, 4) is 5.75 Å². The number of hydrogen-bond donors (Lipinski definition) is 1. The van der Waals surface area contributed by atoms with Crippen molar-refractivity contribution < 1.29 is 17.9 Å². The molecule has 0 saturated heterocycles. The average Bonchev–Trinajstić information content (AvgIpc) is 2.66. The van der Waals surface area contributed by atoms with Gasteiger partial charge in [-0.25, -0.2) is 12.7 Å². The number of amides is 1. The standard InChI is InChI=1S/C20H26N2O4S/c1-26-19-13-7-6-12-18(19)20(23)21-14-16-22(27(2,24)25)15-8-11-17-9-4-3-5-10-17/h3-7,9-10,12-13H,8,11,14-16H2,1-2H3,(H,21,23). The van der Waals surface area contributed by atoms with Crippen molar-refractivity contribution in [2.45, 2.75) is 12.8 Å². The molecule has 0 spiro atoms. The van der Waals surface area contributed by atoms with Crippen LogP contribution in [0.4, 0.5) is 0 Å². The Labute approximate surface area is 161 Å². The number of para-hydroxylation sites is 1. The van der Waals surface area contributed by atoms with Gasteiger partial charge in [-0.1, -0.05) is 42.5 Å². The van der Waals surface area contributed by atoms with Gasteiger partial charge in [-0.3, -0.25) is 4.79 Å². The maximum atomic E-state index is 12.3. The number of ether oxygens (including phenoxy) is 1. The van der Waals surface area contributed by atoms with E-state index in [2.05, 4.69) is 5.32 Å². The summed E-state index contributed by atoms with van der Waals surface area (Å²) in [6.45, 7) is 0.877. The van der Waals surface area contributed by atoms with E-state index in [0.717, 1.165) is 12.8 Å². The summed E-state index contributed by atoms with van der Waals surface area (Å²) < 4.78 is 30.6. The number of nitrogens with one attached hydrogen (secondary N) is 1. The molecule has 2 aromatic rings. The topological polar surface area (TPSA) is 75.7 Å².